The molecule has 16 heavy (non-hydrogen) atoms. The summed E-state index contributed by atoms with van der Waals surface area (Å²) in [5.74, 6) is -0.491. The fourth-order valence-corrected chi connectivity index (χ4v) is 1.73. The highest BCUT2D eigenvalue weighted by atomic mass is 127. The zero-order valence-electron chi connectivity index (χ0n) is 7.80. The summed E-state index contributed by atoms with van der Waals surface area (Å²) < 4.78 is 15.0. The van der Waals surface area contributed by atoms with Crippen LogP contribution in [0.4, 0.5) is 10.1 Å². The van der Waals surface area contributed by atoms with Gasteiger partial charge in [0.1, 0.15) is 11.5 Å². The molecule has 2 rings (SSSR count). The first-order valence-corrected chi connectivity index (χ1v) is 5.29. The zero-order chi connectivity index (χ0) is 11.7. The number of aromatic nitrogens is 2. The van der Waals surface area contributed by atoms with Crippen LogP contribution in [-0.2, 0) is 0 Å². The molecule has 1 aromatic carbocycles. The van der Waals surface area contributed by atoms with Gasteiger partial charge in [0.15, 0.2) is 0 Å². The summed E-state index contributed by atoms with van der Waals surface area (Å²) in [6.45, 7) is 0. The minimum absolute atomic E-state index is 0.149. The molecule has 0 aliphatic heterocycles. The Morgan fingerprint density at radius 3 is 2.81 bits per heavy atom. The van der Waals surface area contributed by atoms with Gasteiger partial charge in [0.2, 0.25) is 0 Å². The molecule has 82 valence electrons. The second kappa shape index (κ2) is 4.16. The zero-order valence-corrected chi connectivity index (χ0v) is 9.96. The molecule has 0 saturated carbocycles. The van der Waals surface area contributed by atoms with Gasteiger partial charge in [0, 0.05) is 24.5 Å². The Bertz CT molecular complexity index is 542. The number of benzene rings is 1. The molecule has 0 fully saturated rings. The normalized spacial score (nSPS) is 10.4. The Kier molecular flexibility index (Phi) is 2.86. The van der Waals surface area contributed by atoms with Crippen LogP contribution >= 0.6 is 22.6 Å². The molecule has 0 unspecified atom stereocenters. The Balaban J connectivity index is 2.68. The van der Waals surface area contributed by atoms with Gasteiger partial charge in [-0.2, -0.15) is 0 Å². The van der Waals surface area contributed by atoms with Gasteiger partial charge in [-0.1, -0.05) is 0 Å². The van der Waals surface area contributed by atoms with Gasteiger partial charge in [0.05, 0.1) is 14.8 Å². The number of hydrogen-bond acceptors (Lipinski definition) is 3. The lowest BCUT2D eigenvalue weighted by atomic mass is 10.2. The molecule has 7 heteroatoms. The first kappa shape index (κ1) is 11.0. The standard InChI is InChI=1S/C9H5FIN3O2/c10-6-3-8(13-2-1-12-5-13)9(14(15)16)4-7(6)11/h1-5H. The Morgan fingerprint density at radius 2 is 2.25 bits per heavy atom. The fourth-order valence-electron chi connectivity index (χ4n) is 1.28. The first-order valence-electron chi connectivity index (χ1n) is 4.21. The van der Waals surface area contributed by atoms with E-state index in [9.17, 15) is 14.5 Å². The molecule has 0 N–H and O–H groups in total. The first-order chi connectivity index (χ1) is 7.59. The van der Waals surface area contributed by atoms with Crippen LogP contribution in [0.1, 0.15) is 0 Å². The smallest absolute Gasteiger partial charge is 0.294 e. The van der Waals surface area contributed by atoms with Crippen molar-refractivity contribution in [1.29, 1.82) is 0 Å². The number of nitro benzene ring substituents is 1. The minimum atomic E-state index is -0.545. The lowest BCUT2D eigenvalue weighted by Crippen LogP contribution is -2.00. The number of halogens is 2. The molecule has 0 aliphatic rings. The van der Waals surface area contributed by atoms with Crippen molar-refractivity contribution in [3.05, 3.63) is 50.4 Å². The molecule has 0 saturated heterocycles. The van der Waals surface area contributed by atoms with Crippen LogP contribution < -0.4 is 0 Å². The van der Waals surface area contributed by atoms with E-state index in [4.69, 9.17) is 0 Å². The van der Waals surface area contributed by atoms with Crippen LogP contribution in [0.3, 0.4) is 0 Å². The predicted octanol–water partition coefficient (Wildman–Crippen LogP) is 2.52. The average Bonchev–Trinajstić information content (AvgIpc) is 2.74. The van der Waals surface area contributed by atoms with Gasteiger partial charge in [-0.25, -0.2) is 9.37 Å². The third-order valence-electron chi connectivity index (χ3n) is 2.00. The molecule has 1 heterocycles. The van der Waals surface area contributed by atoms with Crippen molar-refractivity contribution in [3.8, 4) is 5.69 Å². The Hall–Kier alpha value is -1.51. The molecule has 5 nitrogen and oxygen atoms in total. The maximum Gasteiger partial charge on any atom is 0.294 e. The van der Waals surface area contributed by atoms with Crippen LogP contribution in [0.15, 0.2) is 30.9 Å². The molecule has 0 aliphatic carbocycles. The van der Waals surface area contributed by atoms with Crippen molar-refractivity contribution >= 4 is 28.3 Å². The quantitative estimate of drug-likeness (QED) is 0.482. The van der Waals surface area contributed by atoms with E-state index in [-0.39, 0.29) is 14.9 Å². The highest BCUT2D eigenvalue weighted by molar-refractivity contribution is 14.1. The lowest BCUT2D eigenvalue weighted by molar-refractivity contribution is -0.384. The highest BCUT2D eigenvalue weighted by Gasteiger charge is 2.18. The molecule has 0 amide bonds. The Morgan fingerprint density at radius 1 is 1.50 bits per heavy atom. The third-order valence-corrected chi connectivity index (χ3v) is 2.82. The summed E-state index contributed by atoms with van der Waals surface area (Å²) in [5, 5.41) is 10.8. The molecule has 0 atom stereocenters. The average molecular weight is 333 g/mol. The monoisotopic (exact) mass is 333 g/mol. The van der Waals surface area contributed by atoms with Crippen LogP contribution in [0.5, 0.6) is 0 Å². The van der Waals surface area contributed by atoms with Gasteiger partial charge in [-0.3, -0.25) is 10.1 Å². The number of rotatable bonds is 2. The van der Waals surface area contributed by atoms with E-state index in [1.165, 1.54) is 29.4 Å². The summed E-state index contributed by atoms with van der Waals surface area (Å²) in [5.41, 5.74) is 0.0178. The largest absolute Gasteiger partial charge is 0.300 e. The summed E-state index contributed by atoms with van der Waals surface area (Å²) in [7, 11) is 0. The van der Waals surface area contributed by atoms with E-state index in [2.05, 4.69) is 4.98 Å². The van der Waals surface area contributed by atoms with Crippen molar-refractivity contribution in [1.82, 2.24) is 9.55 Å². The van der Waals surface area contributed by atoms with Gasteiger partial charge >= 0.3 is 0 Å². The number of nitro groups is 1. The molecule has 2 aromatic rings. The summed E-state index contributed by atoms with van der Waals surface area (Å²) >= 11 is 1.71. The van der Waals surface area contributed by atoms with Crippen LogP contribution in [0.25, 0.3) is 5.69 Å². The number of nitrogens with zero attached hydrogens (tertiary/aromatic N) is 3. The van der Waals surface area contributed by atoms with Gasteiger partial charge in [-0.15, -0.1) is 0 Å². The van der Waals surface area contributed by atoms with E-state index < -0.39 is 10.7 Å². The van der Waals surface area contributed by atoms with E-state index in [0.29, 0.717) is 0 Å². The summed E-state index contributed by atoms with van der Waals surface area (Å²) in [6.07, 6.45) is 4.38. The SMILES string of the molecule is O=[N+]([O-])c1cc(I)c(F)cc1-n1ccnc1. The van der Waals surface area contributed by atoms with Crippen LogP contribution in [0.2, 0.25) is 0 Å². The second-order valence-corrected chi connectivity index (χ2v) is 4.14. The van der Waals surface area contributed by atoms with Crippen molar-refractivity contribution in [2.75, 3.05) is 0 Å². The summed E-state index contributed by atoms with van der Waals surface area (Å²) in [6, 6.07) is 2.33. The van der Waals surface area contributed by atoms with Crippen LogP contribution in [-0.4, -0.2) is 14.5 Å². The van der Waals surface area contributed by atoms with Crippen molar-refractivity contribution in [3.63, 3.8) is 0 Å². The summed E-state index contributed by atoms with van der Waals surface area (Å²) in [4.78, 5) is 14.0. The minimum Gasteiger partial charge on any atom is -0.300 e. The third kappa shape index (κ3) is 1.90. The Labute approximate surface area is 103 Å². The lowest BCUT2D eigenvalue weighted by Gasteiger charge is -2.04. The van der Waals surface area contributed by atoms with Crippen molar-refractivity contribution < 1.29 is 9.31 Å². The van der Waals surface area contributed by atoms with E-state index in [1.54, 1.807) is 22.6 Å². The van der Waals surface area contributed by atoms with E-state index in [0.717, 1.165) is 6.07 Å². The molecular formula is C9H5FIN3O2. The van der Waals surface area contributed by atoms with Crippen LogP contribution in [0, 0.1) is 19.5 Å². The molecule has 0 radical (unpaired) electrons. The van der Waals surface area contributed by atoms with Gasteiger partial charge in [0.25, 0.3) is 5.69 Å². The van der Waals surface area contributed by atoms with Crippen molar-refractivity contribution in [2.24, 2.45) is 0 Å². The molecule has 0 spiro atoms. The van der Waals surface area contributed by atoms with Gasteiger partial charge < -0.3 is 4.57 Å². The molecule has 1 aromatic heterocycles. The van der Waals surface area contributed by atoms with Crippen molar-refractivity contribution in [2.45, 2.75) is 0 Å². The van der Waals surface area contributed by atoms with E-state index >= 15 is 0 Å². The topological polar surface area (TPSA) is 61.0 Å². The van der Waals surface area contributed by atoms with Gasteiger partial charge in [-0.05, 0) is 22.6 Å². The molecule has 0 bridgehead atoms. The second-order valence-electron chi connectivity index (χ2n) is 2.98. The molecular weight excluding hydrogens is 328 g/mol. The fraction of sp³-hybridized carbons (Fsp3) is 0. The number of imidazole rings is 1. The highest BCUT2D eigenvalue weighted by Crippen LogP contribution is 2.27. The van der Waals surface area contributed by atoms with E-state index in [1.807, 2.05) is 0 Å². The maximum atomic E-state index is 13.4. The maximum absolute atomic E-state index is 13.4. The predicted molar refractivity (Wildman–Crippen MR) is 62.9 cm³/mol. The number of hydrogen-bond donors (Lipinski definition) is 0.